The van der Waals surface area contributed by atoms with E-state index in [1.165, 1.54) is 4.57 Å². The zero-order chi connectivity index (χ0) is 14.3. The number of aromatic nitrogens is 4. The Labute approximate surface area is 113 Å². The molecule has 0 aliphatic heterocycles. The molecule has 0 saturated carbocycles. The Hall–Kier alpha value is -2.70. The highest BCUT2D eigenvalue weighted by molar-refractivity contribution is 5.93. The van der Waals surface area contributed by atoms with Gasteiger partial charge in [0.05, 0.1) is 19.0 Å². The van der Waals surface area contributed by atoms with Gasteiger partial charge in [-0.1, -0.05) is 12.1 Å². The van der Waals surface area contributed by atoms with Crippen LogP contribution in [0.25, 0.3) is 16.6 Å². The number of para-hydroxylation sites is 1. The zero-order valence-corrected chi connectivity index (χ0v) is 11.1. The van der Waals surface area contributed by atoms with Crippen LogP contribution in [0.5, 0.6) is 0 Å². The first kappa shape index (κ1) is 12.3. The number of carbonyl (C=O) groups excluding carboxylic acids is 1. The van der Waals surface area contributed by atoms with Crippen LogP contribution >= 0.6 is 0 Å². The van der Waals surface area contributed by atoms with Gasteiger partial charge in [-0.3, -0.25) is 4.79 Å². The maximum absolute atomic E-state index is 12.3. The molecular formula is C13H13N4O3+. The second-order valence-electron chi connectivity index (χ2n) is 4.32. The summed E-state index contributed by atoms with van der Waals surface area (Å²) in [5.41, 5.74) is 0.950. The second-order valence-corrected chi connectivity index (χ2v) is 4.32. The van der Waals surface area contributed by atoms with E-state index in [-0.39, 0.29) is 17.9 Å². The summed E-state index contributed by atoms with van der Waals surface area (Å²) in [6, 6.07) is 7.13. The summed E-state index contributed by atoms with van der Waals surface area (Å²) in [6.07, 6.45) is 0. The fourth-order valence-corrected chi connectivity index (χ4v) is 2.24. The Bertz CT molecular complexity index is 878. The molecule has 0 bridgehead atoms. The minimum atomic E-state index is -0.559. The number of benzene rings is 1. The van der Waals surface area contributed by atoms with Crippen LogP contribution in [0.1, 0.15) is 17.4 Å². The molecule has 20 heavy (non-hydrogen) atoms. The van der Waals surface area contributed by atoms with Crippen LogP contribution in [0.4, 0.5) is 0 Å². The Kier molecular flexibility index (Phi) is 2.74. The largest absolute Gasteiger partial charge is 0.460 e. The molecule has 7 nitrogen and oxygen atoms in total. The average Bonchev–Trinajstić information content (AvgIpc) is 2.90. The number of H-pyrrole nitrogens is 1. The molecule has 1 N–H and O–H groups in total. The first-order chi connectivity index (χ1) is 9.65. The topological polar surface area (TPSA) is 81.1 Å². The number of hydrogen-bond acceptors (Lipinski definition) is 4. The fourth-order valence-electron chi connectivity index (χ4n) is 2.24. The molecule has 0 fully saturated rings. The molecule has 0 radical (unpaired) electrons. The van der Waals surface area contributed by atoms with Crippen LogP contribution in [-0.4, -0.2) is 27.5 Å². The first-order valence-electron chi connectivity index (χ1n) is 6.20. The first-order valence-corrected chi connectivity index (χ1v) is 6.20. The zero-order valence-electron chi connectivity index (χ0n) is 11.1. The number of aromatic amines is 1. The van der Waals surface area contributed by atoms with Gasteiger partial charge >= 0.3 is 22.9 Å². The van der Waals surface area contributed by atoms with E-state index >= 15 is 0 Å². The monoisotopic (exact) mass is 273 g/mol. The van der Waals surface area contributed by atoms with E-state index in [2.05, 4.69) is 10.3 Å². The number of ether oxygens (including phenoxy) is 1. The minimum Gasteiger partial charge on any atom is -0.460 e. The van der Waals surface area contributed by atoms with Crippen molar-refractivity contribution in [3.63, 3.8) is 0 Å². The van der Waals surface area contributed by atoms with Crippen LogP contribution < -0.4 is 10.1 Å². The van der Waals surface area contributed by atoms with Crippen molar-refractivity contribution in [3.8, 4) is 0 Å². The lowest BCUT2D eigenvalue weighted by molar-refractivity contribution is -0.557. The molecule has 0 amide bonds. The van der Waals surface area contributed by atoms with Crippen molar-refractivity contribution < 1.29 is 14.0 Å². The van der Waals surface area contributed by atoms with E-state index < -0.39 is 5.97 Å². The molecule has 0 saturated heterocycles. The Morgan fingerprint density at radius 2 is 2.20 bits per heavy atom. The number of hydrogen-bond donors (Lipinski definition) is 1. The Morgan fingerprint density at radius 3 is 2.95 bits per heavy atom. The van der Waals surface area contributed by atoms with E-state index in [9.17, 15) is 9.59 Å². The summed E-state index contributed by atoms with van der Waals surface area (Å²) in [7, 11) is 1.60. The minimum absolute atomic E-state index is 0.0946. The van der Waals surface area contributed by atoms with Crippen molar-refractivity contribution in [2.24, 2.45) is 7.05 Å². The number of carbonyl (C=O) groups is 1. The lowest BCUT2D eigenvalue weighted by atomic mass is 10.2. The van der Waals surface area contributed by atoms with Gasteiger partial charge in [-0.05, 0) is 24.2 Å². The highest BCUT2D eigenvalue weighted by Gasteiger charge is 2.27. The van der Waals surface area contributed by atoms with Crippen LogP contribution in [0.3, 0.4) is 0 Å². The molecule has 102 valence electrons. The molecule has 0 spiro atoms. The van der Waals surface area contributed by atoms with Gasteiger partial charge in [0.15, 0.2) is 0 Å². The lowest BCUT2D eigenvalue weighted by Crippen LogP contribution is -2.34. The summed E-state index contributed by atoms with van der Waals surface area (Å²) in [5.74, 6) is -0.559. The predicted molar refractivity (Wildman–Crippen MR) is 70.5 cm³/mol. The van der Waals surface area contributed by atoms with Crippen molar-refractivity contribution in [2.75, 3.05) is 6.61 Å². The van der Waals surface area contributed by atoms with Crippen molar-refractivity contribution in [2.45, 2.75) is 6.92 Å². The summed E-state index contributed by atoms with van der Waals surface area (Å²) in [5, 5.41) is 7.26. The van der Waals surface area contributed by atoms with Crippen molar-refractivity contribution in [3.05, 3.63) is 40.3 Å². The molecule has 0 aliphatic carbocycles. The molecule has 3 rings (SSSR count). The van der Waals surface area contributed by atoms with E-state index in [1.807, 2.05) is 6.07 Å². The van der Waals surface area contributed by atoms with Gasteiger partial charge in [0.2, 0.25) is 0 Å². The quantitative estimate of drug-likeness (QED) is 0.533. The maximum Gasteiger partial charge on any atom is 0.383 e. The fraction of sp³-hybridized carbons (Fsp3) is 0.231. The number of fused-ring (bicyclic) bond motifs is 3. The normalized spacial score (nSPS) is 11.1. The van der Waals surface area contributed by atoms with Crippen molar-refractivity contribution >= 4 is 22.5 Å². The van der Waals surface area contributed by atoms with E-state index in [0.717, 1.165) is 0 Å². The third kappa shape index (κ3) is 1.59. The molecular weight excluding hydrogens is 260 g/mol. The smallest absolute Gasteiger partial charge is 0.383 e. The average molecular weight is 273 g/mol. The molecule has 2 aromatic heterocycles. The molecule has 3 aromatic rings. The van der Waals surface area contributed by atoms with Gasteiger partial charge in [-0.25, -0.2) is 9.36 Å². The van der Waals surface area contributed by atoms with Gasteiger partial charge in [0.1, 0.15) is 5.52 Å². The third-order valence-corrected chi connectivity index (χ3v) is 3.15. The van der Waals surface area contributed by atoms with Crippen LogP contribution in [0, 0.1) is 0 Å². The molecule has 2 heterocycles. The number of nitrogens with one attached hydrogen (secondary N) is 1. The summed E-state index contributed by atoms with van der Waals surface area (Å²) in [6.45, 7) is 1.97. The number of rotatable bonds is 2. The molecule has 7 heteroatoms. The van der Waals surface area contributed by atoms with Crippen LogP contribution in [0.2, 0.25) is 0 Å². The molecule has 0 aliphatic rings. The standard InChI is InChI=1S/C13H12N4O3/c1-3-20-13(19)10-11-16(2)12(18)8-6-4-5-7-9(8)17(11)15-14-10/h4-7H,3H2,1-2H3/p+1. The molecule has 0 unspecified atom stereocenters. The maximum atomic E-state index is 12.3. The summed E-state index contributed by atoms with van der Waals surface area (Å²) < 4.78 is 7.94. The Balaban J connectivity index is 2.44. The second kappa shape index (κ2) is 4.44. The summed E-state index contributed by atoms with van der Waals surface area (Å²) >= 11 is 0. The highest BCUT2D eigenvalue weighted by Crippen LogP contribution is 2.09. The SMILES string of the molecule is CCOC(=O)c1n[nH][n+]2c3ccccc3c(=O)n(C)c12. The molecule has 0 atom stereocenters. The van der Waals surface area contributed by atoms with Gasteiger partial charge in [-0.2, -0.15) is 0 Å². The van der Waals surface area contributed by atoms with Gasteiger partial charge in [0.25, 0.3) is 0 Å². The van der Waals surface area contributed by atoms with Crippen LogP contribution in [0.15, 0.2) is 29.1 Å². The van der Waals surface area contributed by atoms with E-state index in [0.29, 0.717) is 16.6 Å². The third-order valence-electron chi connectivity index (χ3n) is 3.15. The lowest BCUT2D eigenvalue weighted by Gasteiger charge is -2.00. The highest BCUT2D eigenvalue weighted by atomic mass is 16.5. The predicted octanol–water partition coefficient (Wildman–Crippen LogP) is 0.177. The van der Waals surface area contributed by atoms with Gasteiger partial charge in [-0.15, -0.1) is 9.73 Å². The van der Waals surface area contributed by atoms with E-state index in [1.54, 1.807) is 36.7 Å². The number of nitrogens with zero attached hydrogens (tertiary/aromatic N) is 3. The van der Waals surface area contributed by atoms with Crippen molar-refractivity contribution in [1.82, 2.24) is 14.9 Å². The van der Waals surface area contributed by atoms with Gasteiger partial charge in [0, 0.05) is 0 Å². The summed E-state index contributed by atoms with van der Waals surface area (Å²) in [4.78, 5) is 24.2. The Morgan fingerprint density at radius 1 is 1.45 bits per heavy atom. The van der Waals surface area contributed by atoms with Crippen LogP contribution in [-0.2, 0) is 11.8 Å². The molecule has 1 aromatic carbocycles. The van der Waals surface area contributed by atoms with E-state index in [4.69, 9.17) is 4.74 Å². The number of esters is 1. The van der Waals surface area contributed by atoms with Crippen molar-refractivity contribution in [1.29, 1.82) is 0 Å². The van der Waals surface area contributed by atoms with Gasteiger partial charge < -0.3 is 4.74 Å². The number of aryl methyl sites for hydroxylation is 1.